The van der Waals surface area contributed by atoms with E-state index in [0.717, 1.165) is 6.54 Å². The van der Waals surface area contributed by atoms with Gasteiger partial charge in [-0.2, -0.15) is 11.8 Å². The minimum atomic E-state index is 0.432. The summed E-state index contributed by atoms with van der Waals surface area (Å²) in [5.74, 6) is 1.28. The minimum absolute atomic E-state index is 0.432. The van der Waals surface area contributed by atoms with Crippen LogP contribution in [0.3, 0.4) is 0 Å². The lowest BCUT2D eigenvalue weighted by molar-refractivity contribution is 0.190. The molecule has 1 aliphatic heterocycles. The first-order chi connectivity index (χ1) is 7.98. The van der Waals surface area contributed by atoms with Crippen molar-refractivity contribution in [3.05, 3.63) is 0 Å². The van der Waals surface area contributed by atoms with Crippen molar-refractivity contribution in [2.24, 2.45) is 0 Å². The van der Waals surface area contributed by atoms with Crippen LogP contribution in [0.4, 0.5) is 0 Å². The van der Waals surface area contributed by atoms with Crippen LogP contribution in [0.1, 0.15) is 47.5 Å². The molecule has 2 nitrogen and oxygen atoms in total. The van der Waals surface area contributed by atoms with Gasteiger partial charge in [0.15, 0.2) is 0 Å². The highest BCUT2D eigenvalue weighted by Gasteiger charge is 2.29. The molecule has 1 fully saturated rings. The van der Waals surface area contributed by atoms with Gasteiger partial charge in [0.1, 0.15) is 0 Å². The molecule has 1 aliphatic rings. The third kappa shape index (κ3) is 5.19. The van der Waals surface area contributed by atoms with Crippen LogP contribution in [0.25, 0.3) is 0 Å². The van der Waals surface area contributed by atoms with E-state index in [2.05, 4.69) is 56.6 Å². The highest BCUT2D eigenvalue weighted by molar-refractivity contribution is 8.00. The van der Waals surface area contributed by atoms with Gasteiger partial charge in [-0.15, -0.1) is 0 Å². The summed E-state index contributed by atoms with van der Waals surface area (Å²) in [4.78, 5) is 2.64. The van der Waals surface area contributed by atoms with Crippen LogP contribution >= 0.6 is 11.8 Å². The molecule has 1 atom stereocenters. The molecule has 17 heavy (non-hydrogen) atoms. The standard InChI is InChI=1S/C14H30N2S/c1-6-13(7-2)15-10-12(3)16-8-9-17-14(4,5)11-16/h12-13,15H,6-11H2,1-5H3. The Morgan fingerprint density at radius 2 is 1.94 bits per heavy atom. The number of hydrogen-bond acceptors (Lipinski definition) is 3. The number of nitrogens with one attached hydrogen (secondary N) is 1. The molecule has 1 N–H and O–H groups in total. The predicted molar refractivity (Wildman–Crippen MR) is 79.9 cm³/mol. The van der Waals surface area contributed by atoms with Crippen molar-refractivity contribution in [1.29, 1.82) is 0 Å². The van der Waals surface area contributed by atoms with E-state index in [1.54, 1.807) is 0 Å². The van der Waals surface area contributed by atoms with E-state index in [0.29, 0.717) is 16.8 Å². The molecular formula is C14H30N2S. The first-order valence-corrected chi connectivity index (χ1v) is 8.08. The van der Waals surface area contributed by atoms with Gasteiger partial charge in [-0.3, -0.25) is 4.90 Å². The average molecular weight is 258 g/mol. The van der Waals surface area contributed by atoms with E-state index in [9.17, 15) is 0 Å². The first kappa shape index (κ1) is 15.3. The van der Waals surface area contributed by atoms with Crippen LogP contribution in [0.15, 0.2) is 0 Å². The Labute approximate surface area is 112 Å². The molecular weight excluding hydrogens is 228 g/mol. The maximum atomic E-state index is 3.70. The lowest BCUT2D eigenvalue weighted by Crippen LogP contribution is -2.51. The fourth-order valence-corrected chi connectivity index (χ4v) is 3.61. The van der Waals surface area contributed by atoms with Crippen LogP contribution in [-0.2, 0) is 0 Å². The molecule has 0 aliphatic carbocycles. The highest BCUT2D eigenvalue weighted by Crippen LogP contribution is 2.30. The van der Waals surface area contributed by atoms with Crippen molar-refractivity contribution in [3.63, 3.8) is 0 Å². The summed E-state index contributed by atoms with van der Waals surface area (Å²) >= 11 is 2.11. The Bertz CT molecular complexity index is 214. The highest BCUT2D eigenvalue weighted by atomic mass is 32.2. The molecule has 1 unspecified atom stereocenters. The predicted octanol–water partition coefficient (Wildman–Crippen LogP) is 2.98. The molecule has 1 heterocycles. The van der Waals surface area contributed by atoms with Crippen molar-refractivity contribution in [3.8, 4) is 0 Å². The molecule has 0 aromatic rings. The molecule has 0 amide bonds. The van der Waals surface area contributed by atoms with Crippen molar-refractivity contribution in [2.75, 3.05) is 25.4 Å². The van der Waals surface area contributed by atoms with Gasteiger partial charge in [0, 0.05) is 42.2 Å². The van der Waals surface area contributed by atoms with Gasteiger partial charge in [0.25, 0.3) is 0 Å². The van der Waals surface area contributed by atoms with E-state index >= 15 is 0 Å². The maximum Gasteiger partial charge on any atom is 0.0231 e. The van der Waals surface area contributed by atoms with Gasteiger partial charge < -0.3 is 5.32 Å². The molecule has 1 saturated heterocycles. The minimum Gasteiger partial charge on any atom is -0.312 e. The van der Waals surface area contributed by atoms with E-state index < -0.39 is 0 Å². The quantitative estimate of drug-likeness (QED) is 0.788. The summed E-state index contributed by atoms with van der Waals surface area (Å²) in [5.41, 5.74) is 0. The summed E-state index contributed by atoms with van der Waals surface area (Å²) in [6, 6.07) is 1.36. The average Bonchev–Trinajstić information content (AvgIpc) is 2.28. The summed E-state index contributed by atoms with van der Waals surface area (Å²) in [6.45, 7) is 15.2. The fourth-order valence-electron chi connectivity index (χ4n) is 2.47. The zero-order chi connectivity index (χ0) is 12.9. The van der Waals surface area contributed by atoms with Gasteiger partial charge in [-0.25, -0.2) is 0 Å². The summed E-state index contributed by atoms with van der Waals surface area (Å²) < 4.78 is 0.432. The van der Waals surface area contributed by atoms with E-state index in [-0.39, 0.29) is 0 Å². The van der Waals surface area contributed by atoms with Gasteiger partial charge >= 0.3 is 0 Å². The molecule has 3 heteroatoms. The molecule has 1 rings (SSSR count). The largest absolute Gasteiger partial charge is 0.312 e. The summed E-state index contributed by atoms with van der Waals surface area (Å²) in [6.07, 6.45) is 2.48. The van der Waals surface area contributed by atoms with Crippen LogP contribution in [0.5, 0.6) is 0 Å². The third-order valence-electron chi connectivity index (χ3n) is 3.77. The van der Waals surface area contributed by atoms with Gasteiger partial charge in [-0.05, 0) is 33.6 Å². The van der Waals surface area contributed by atoms with Crippen molar-refractivity contribution in [2.45, 2.75) is 64.3 Å². The lowest BCUT2D eigenvalue weighted by atomic mass is 10.1. The number of thioether (sulfide) groups is 1. The monoisotopic (exact) mass is 258 g/mol. The van der Waals surface area contributed by atoms with Crippen LogP contribution < -0.4 is 5.32 Å². The lowest BCUT2D eigenvalue weighted by Gasteiger charge is -2.41. The normalized spacial score (nSPS) is 22.9. The van der Waals surface area contributed by atoms with Crippen molar-refractivity contribution < 1.29 is 0 Å². The topological polar surface area (TPSA) is 15.3 Å². The Morgan fingerprint density at radius 3 is 2.47 bits per heavy atom. The molecule has 0 radical (unpaired) electrons. The third-order valence-corrected chi connectivity index (χ3v) is 5.06. The smallest absolute Gasteiger partial charge is 0.0231 e. The molecule has 0 aromatic carbocycles. The SMILES string of the molecule is CCC(CC)NCC(C)N1CCSC(C)(C)C1. The van der Waals surface area contributed by atoms with E-state index in [1.807, 2.05) is 0 Å². The van der Waals surface area contributed by atoms with Crippen molar-refractivity contribution >= 4 is 11.8 Å². The van der Waals surface area contributed by atoms with E-state index in [4.69, 9.17) is 0 Å². The number of nitrogens with zero attached hydrogens (tertiary/aromatic N) is 1. The Hall–Kier alpha value is 0.270. The second kappa shape index (κ2) is 7.01. The van der Waals surface area contributed by atoms with Crippen LogP contribution in [-0.4, -0.2) is 47.1 Å². The molecule has 0 spiro atoms. The number of hydrogen-bond donors (Lipinski definition) is 1. The molecule has 0 bridgehead atoms. The summed E-state index contributed by atoms with van der Waals surface area (Å²) in [7, 11) is 0. The zero-order valence-electron chi connectivity index (χ0n) is 12.3. The first-order valence-electron chi connectivity index (χ1n) is 7.10. The van der Waals surface area contributed by atoms with Gasteiger partial charge in [0.2, 0.25) is 0 Å². The van der Waals surface area contributed by atoms with Crippen LogP contribution in [0.2, 0.25) is 0 Å². The maximum absolute atomic E-state index is 3.70. The molecule has 0 aromatic heterocycles. The second-order valence-electron chi connectivity index (χ2n) is 5.85. The van der Waals surface area contributed by atoms with Gasteiger partial charge in [0.05, 0.1) is 0 Å². The summed E-state index contributed by atoms with van der Waals surface area (Å²) in [5, 5.41) is 3.70. The Kier molecular flexibility index (Phi) is 6.32. The van der Waals surface area contributed by atoms with Crippen molar-refractivity contribution in [1.82, 2.24) is 10.2 Å². The second-order valence-corrected chi connectivity index (χ2v) is 7.65. The number of rotatable bonds is 6. The van der Waals surface area contributed by atoms with Crippen LogP contribution in [0, 0.1) is 0 Å². The molecule has 102 valence electrons. The Morgan fingerprint density at radius 1 is 1.29 bits per heavy atom. The van der Waals surface area contributed by atoms with Gasteiger partial charge in [-0.1, -0.05) is 13.8 Å². The fraction of sp³-hybridized carbons (Fsp3) is 1.00. The Balaban J connectivity index is 2.34. The van der Waals surface area contributed by atoms with E-state index in [1.165, 1.54) is 31.7 Å². The molecule has 0 saturated carbocycles. The zero-order valence-corrected chi connectivity index (χ0v) is 13.1.